The van der Waals surface area contributed by atoms with Gasteiger partial charge in [-0.3, -0.25) is 4.79 Å². The number of halogens is 1. The van der Waals surface area contributed by atoms with E-state index in [9.17, 15) is 9.18 Å². The molecule has 0 aliphatic heterocycles. The van der Waals surface area contributed by atoms with Gasteiger partial charge in [0.25, 0.3) is 5.56 Å². The fraction of sp³-hybridized carbons (Fsp3) is 0.250. The van der Waals surface area contributed by atoms with E-state index in [1.54, 1.807) is 35.7 Å². The van der Waals surface area contributed by atoms with E-state index in [1.807, 2.05) is 32.2 Å². The Hall–Kier alpha value is -3.06. The van der Waals surface area contributed by atoms with E-state index in [-0.39, 0.29) is 11.4 Å². The summed E-state index contributed by atoms with van der Waals surface area (Å²) in [6, 6.07) is 12.7. The molecule has 0 fully saturated rings. The molecular formula is C24H25FN4OS. The molecule has 4 aromatic rings. The van der Waals surface area contributed by atoms with E-state index in [0.29, 0.717) is 12.1 Å². The maximum atomic E-state index is 13.7. The highest BCUT2D eigenvalue weighted by molar-refractivity contribution is 8.00. The van der Waals surface area contributed by atoms with Crippen LogP contribution in [0, 0.1) is 19.7 Å². The predicted molar refractivity (Wildman–Crippen MR) is 127 cm³/mol. The van der Waals surface area contributed by atoms with E-state index in [2.05, 4.69) is 28.3 Å². The zero-order chi connectivity index (χ0) is 22.1. The summed E-state index contributed by atoms with van der Waals surface area (Å²) in [5.41, 5.74) is 6.28. The van der Waals surface area contributed by atoms with Gasteiger partial charge in [-0.05, 0) is 60.9 Å². The minimum Gasteiger partial charge on any atom is -0.328 e. The molecule has 0 radical (unpaired) electrons. The molecule has 0 amide bonds. The fourth-order valence-corrected chi connectivity index (χ4v) is 4.24. The molecule has 0 aliphatic rings. The van der Waals surface area contributed by atoms with E-state index in [4.69, 9.17) is 4.98 Å². The first-order valence-corrected chi connectivity index (χ1v) is 11.2. The molecule has 7 heteroatoms. The van der Waals surface area contributed by atoms with Crippen LogP contribution in [0.4, 0.5) is 10.1 Å². The van der Waals surface area contributed by atoms with Gasteiger partial charge in [-0.15, -0.1) is 0 Å². The number of hydrogen-bond donors (Lipinski definition) is 1. The number of fused-ring (bicyclic) bond motifs is 1. The minimum absolute atomic E-state index is 0.00305. The third-order valence-electron chi connectivity index (χ3n) is 5.30. The quantitative estimate of drug-likeness (QED) is 0.418. The largest absolute Gasteiger partial charge is 0.328 e. The summed E-state index contributed by atoms with van der Waals surface area (Å²) < 4.78 is 20.9. The molecule has 2 aromatic carbocycles. The molecule has 0 aliphatic carbocycles. The van der Waals surface area contributed by atoms with Crippen molar-refractivity contribution < 1.29 is 4.39 Å². The van der Waals surface area contributed by atoms with Gasteiger partial charge in [0.1, 0.15) is 17.2 Å². The zero-order valence-corrected chi connectivity index (χ0v) is 18.9. The molecule has 0 unspecified atom stereocenters. The second-order valence-corrected chi connectivity index (χ2v) is 8.70. The number of pyridine rings is 1. The number of aromatic nitrogens is 3. The standard InChI is InChI=1S/C24H25FN4OS/c1-5-31-27-21-11-18(19-9-15(2)24(30)28(4)14-19)12-22-23(21)26-16(3)29(22)13-17-7-6-8-20(25)10-17/h6-12,14,27H,5,13H2,1-4H3. The van der Waals surface area contributed by atoms with Crippen LogP contribution in [-0.2, 0) is 13.6 Å². The van der Waals surface area contributed by atoms with Crippen molar-refractivity contribution in [3.05, 3.63) is 81.8 Å². The number of nitrogens with zero attached hydrogens (tertiary/aromatic N) is 3. The van der Waals surface area contributed by atoms with Crippen LogP contribution in [0.2, 0.25) is 0 Å². The lowest BCUT2D eigenvalue weighted by molar-refractivity contribution is 0.623. The van der Waals surface area contributed by atoms with Gasteiger partial charge in [0.2, 0.25) is 0 Å². The van der Waals surface area contributed by atoms with Crippen molar-refractivity contribution in [2.24, 2.45) is 7.05 Å². The van der Waals surface area contributed by atoms with Crippen molar-refractivity contribution in [3.63, 3.8) is 0 Å². The van der Waals surface area contributed by atoms with Crippen molar-refractivity contribution in [2.45, 2.75) is 27.3 Å². The number of rotatable bonds is 6. The molecule has 2 heterocycles. The summed E-state index contributed by atoms with van der Waals surface area (Å²) in [4.78, 5) is 17.0. The number of imidazole rings is 1. The van der Waals surface area contributed by atoms with Gasteiger partial charge >= 0.3 is 0 Å². The smallest absolute Gasteiger partial charge is 0.253 e. The molecule has 5 nitrogen and oxygen atoms in total. The Labute approximate surface area is 185 Å². The first kappa shape index (κ1) is 21.2. The van der Waals surface area contributed by atoms with Crippen molar-refractivity contribution in [1.82, 2.24) is 14.1 Å². The lowest BCUT2D eigenvalue weighted by atomic mass is 10.0. The van der Waals surface area contributed by atoms with E-state index >= 15 is 0 Å². The van der Waals surface area contributed by atoms with Crippen LogP contribution < -0.4 is 10.3 Å². The van der Waals surface area contributed by atoms with Crippen LogP contribution >= 0.6 is 11.9 Å². The number of nitrogens with one attached hydrogen (secondary N) is 1. The Balaban J connectivity index is 1.91. The molecule has 0 atom stereocenters. The summed E-state index contributed by atoms with van der Waals surface area (Å²) >= 11 is 1.61. The summed E-state index contributed by atoms with van der Waals surface area (Å²) in [7, 11) is 1.77. The summed E-state index contributed by atoms with van der Waals surface area (Å²) in [6.45, 7) is 6.40. The van der Waals surface area contributed by atoms with Crippen LogP contribution in [0.3, 0.4) is 0 Å². The normalized spacial score (nSPS) is 11.3. The Morgan fingerprint density at radius 1 is 1.13 bits per heavy atom. The third kappa shape index (κ3) is 4.23. The van der Waals surface area contributed by atoms with Crippen LogP contribution in [-0.4, -0.2) is 19.9 Å². The van der Waals surface area contributed by atoms with Gasteiger partial charge in [0, 0.05) is 31.1 Å². The van der Waals surface area contributed by atoms with E-state index in [1.165, 1.54) is 6.07 Å². The zero-order valence-electron chi connectivity index (χ0n) is 18.1. The number of hydrogen-bond acceptors (Lipinski definition) is 4. The van der Waals surface area contributed by atoms with Crippen molar-refractivity contribution in [3.8, 4) is 11.1 Å². The highest BCUT2D eigenvalue weighted by Crippen LogP contribution is 2.33. The van der Waals surface area contributed by atoms with Crippen LogP contribution in [0.5, 0.6) is 0 Å². The lowest BCUT2D eigenvalue weighted by Crippen LogP contribution is -2.18. The van der Waals surface area contributed by atoms with Gasteiger partial charge in [0.05, 0.1) is 11.2 Å². The summed E-state index contributed by atoms with van der Waals surface area (Å²) in [5, 5.41) is 0. The predicted octanol–water partition coefficient (Wildman–Crippen LogP) is 5.29. The molecule has 0 saturated carbocycles. The van der Waals surface area contributed by atoms with Gasteiger partial charge in [0.15, 0.2) is 0 Å². The summed E-state index contributed by atoms with van der Waals surface area (Å²) in [5.74, 6) is 1.52. The SMILES string of the molecule is CCSNc1cc(-c2cc(C)c(=O)n(C)c2)cc2c1nc(C)n2Cc1cccc(F)c1. The first-order chi connectivity index (χ1) is 14.9. The average molecular weight is 437 g/mol. The van der Waals surface area contributed by atoms with Gasteiger partial charge < -0.3 is 13.9 Å². The van der Waals surface area contributed by atoms with Crippen LogP contribution in [0.1, 0.15) is 23.9 Å². The fourth-order valence-electron chi connectivity index (χ4n) is 3.79. The monoisotopic (exact) mass is 436 g/mol. The number of aryl methyl sites for hydroxylation is 3. The molecule has 2 aromatic heterocycles. The molecular weight excluding hydrogens is 411 g/mol. The van der Waals surface area contributed by atoms with E-state index in [0.717, 1.165) is 45.0 Å². The second-order valence-electron chi connectivity index (χ2n) is 7.63. The van der Waals surface area contributed by atoms with Gasteiger partial charge in [-0.25, -0.2) is 9.37 Å². The second kappa shape index (κ2) is 8.59. The Morgan fingerprint density at radius 2 is 1.94 bits per heavy atom. The van der Waals surface area contributed by atoms with Gasteiger partial charge in [-0.1, -0.05) is 31.0 Å². The molecule has 0 bridgehead atoms. The highest BCUT2D eigenvalue weighted by atomic mass is 32.2. The Morgan fingerprint density at radius 3 is 2.65 bits per heavy atom. The maximum Gasteiger partial charge on any atom is 0.253 e. The lowest BCUT2D eigenvalue weighted by Gasteiger charge is -2.12. The minimum atomic E-state index is -0.248. The van der Waals surface area contributed by atoms with Crippen LogP contribution in [0.25, 0.3) is 22.2 Å². The molecule has 4 rings (SSSR count). The average Bonchev–Trinajstić information content (AvgIpc) is 3.05. The van der Waals surface area contributed by atoms with E-state index < -0.39 is 0 Å². The molecule has 0 saturated heterocycles. The third-order valence-corrected chi connectivity index (χ3v) is 5.95. The molecule has 160 valence electrons. The topological polar surface area (TPSA) is 51.9 Å². The number of benzene rings is 2. The first-order valence-electron chi connectivity index (χ1n) is 10.2. The summed E-state index contributed by atoms with van der Waals surface area (Å²) in [6.07, 6.45) is 1.85. The van der Waals surface area contributed by atoms with Crippen molar-refractivity contribution in [1.29, 1.82) is 0 Å². The maximum absolute atomic E-state index is 13.7. The van der Waals surface area contributed by atoms with Gasteiger partial charge in [-0.2, -0.15) is 0 Å². The highest BCUT2D eigenvalue weighted by Gasteiger charge is 2.15. The number of anilines is 1. The molecule has 31 heavy (non-hydrogen) atoms. The van der Waals surface area contributed by atoms with Crippen molar-refractivity contribution >= 4 is 28.7 Å². The van der Waals surface area contributed by atoms with Crippen LogP contribution in [0.15, 0.2) is 53.5 Å². The molecule has 0 spiro atoms. The Bertz CT molecular complexity index is 1300. The Kier molecular flexibility index (Phi) is 5.87. The molecule has 1 N–H and O–H groups in total. The van der Waals surface area contributed by atoms with Crippen molar-refractivity contribution in [2.75, 3.05) is 10.5 Å².